The second-order valence-electron chi connectivity index (χ2n) is 14.2. The molecule has 2 bridgehead atoms. The molecule has 2 unspecified atom stereocenters. The number of aliphatic hydroxyl groups is 1. The molecule has 2 aromatic rings. The van der Waals surface area contributed by atoms with E-state index in [-0.39, 0.29) is 35.0 Å². The summed E-state index contributed by atoms with van der Waals surface area (Å²) in [7, 11) is 0.414. The van der Waals surface area contributed by atoms with Crippen molar-refractivity contribution in [1.29, 1.82) is 0 Å². The quantitative estimate of drug-likeness (QED) is 0.306. The van der Waals surface area contributed by atoms with E-state index in [0.29, 0.717) is 30.9 Å². The van der Waals surface area contributed by atoms with Gasteiger partial charge < -0.3 is 19.5 Å². The summed E-state index contributed by atoms with van der Waals surface area (Å²) in [5.74, 6) is 5.09. The third-order valence-electron chi connectivity index (χ3n) is 11.7. The number of methoxy groups -OCH3 is 1. The number of allylic oxidation sites excluding steroid dienone is 1. The van der Waals surface area contributed by atoms with E-state index in [1.807, 2.05) is 25.1 Å². The average molecular weight is 669 g/mol. The monoisotopic (exact) mass is 668 g/mol. The number of fused-ring (bicyclic) bond motifs is 4. The number of carbonyl (C=O) groups is 1. The van der Waals surface area contributed by atoms with E-state index in [2.05, 4.69) is 42.0 Å². The summed E-state index contributed by atoms with van der Waals surface area (Å²) in [6, 6.07) is 11.9. The molecule has 1 N–H and O–H groups in total. The first-order valence-corrected chi connectivity index (χ1v) is 18.9. The van der Waals surface area contributed by atoms with Crippen LogP contribution in [-0.2, 0) is 26.3 Å². The zero-order valence-corrected chi connectivity index (χ0v) is 29.2. The summed E-state index contributed by atoms with van der Waals surface area (Å²) < 4.78 is 28.5. The molecule has 2 aromatic carbocycles. The molecule has 2 aliphatic carbocycles. The summed E-state index contributed by atoms with van der Waals surface area (Å²) in [6.07, 6.45) is 10.5. The van der Waals surface area contributed by atoms with Crippen molar-refractivity contribution >= 4 is 38.8 Å². The molecule has 9 heteroatoms. The number of rotatable bonds is 3. The minimum atomic E-state index is -2.95. The lowest BCUT2D eigenvalue weighted by Gasteiger charge is -2.50. The molecule has 1 fully saturated rings. The fourth-order valence-corrected chi connectivity index (χ4v) is 10.4. The lowest BCUT2D eigenvalue weighted by Crippen LogP contribution is -2.53. The maximum Gasteiger partial charge on any atom is 0.264 e. The van der Waals surface area contributed by atoms with Gasteiger partial charge in [-0.25, -0.2) is 4.21 Å². The summed E-state index contributed by atoms with van der Waals surface area (Å²) in [5.41, 5.74) is 3.08. The second-order valence-corrected chi connectivity index (χ2v) is 17.3. The Hall–Kier alpha value is -2.52. The van der Waals surface area contributed by atoms with E-state index in [9.17, 15) is 14.1 Å². The van der Waals surface area contributed by atoms with Crippen molar-refractivity contribution < 1.29 is 23.6 Å². The first-order chi connectivity index (χ1) is 21.9. The van der Waals surface area contributed by atoms with Crippen molar-refractivity contribution in [3.05, 3.63) is 70.3 Å². The van der Waals surface area contributed by atoms with Crippen molar-refractivity contribution in [1.82, 2.24) is 4.31 Å². The van der Waals surface area contributed by atoms with Crippen LogP contribution in [0.5, 0.6) is 5.75 Å². The average Bonchev–Trinajstić information content (AvgIpc) is 3.18. The van der Waals surface area contributed by atoms with Crippen LogP contribution in [0, 0.1) is 17.8 Å². The Kier molecular flexibility index (Phi) is 9.31. The van der Waals surface area contributed by atoms with Crippen LogP contribution in [0.3, 0.4) is 0 Å². The molecule has 4 aliphatic rings. The lowest BCUT2D eigenvalue weighted by molar-refractivity contribution is -0.0864. The van der Waals surface area contributed by atoms with Gasteiger partial charge in [0.2, 0.25) is 0 Å². The van der Waals surface area contributed by atoms with E-state index in [1.54, 1.807) is 20.2 Å². The van der Waals surface area contributed by atoms with Gasteiger partial charge in [-0.1, -0.05) is 36.7 Å². The molecule has 2 heterocycles. The first kappa shape index (κ1) is 33.4. The summed E-state index contributed by atoms with van der Waals surface area (Å²) in [5, 5.41) is 10.6. The third kappa shape index (κ3) is 5.78. The molecule has 1 spiro atoms. The smallest absolute Gasteiger partial charge is 0.264 e. The van der Waals surface area contributed by atoms with Crippen LogP contribution in [0.25, 0.3) is 0 Å². The number of ether oxygens (including phenoxy) is 2. The highest BCUT2D eigenvalue weighted by atomic mass is 35.5. The standard InChI is InChI=1S/C37H49ClN2O5S/c1-25-8-6-17-37(44-4,18-19-41)32-13-10-29(32)22-40-23-36(16-7-9-27-20-30(38)12-14-31(27)36)24-45-34-15-11-28(21-33(34)40)35(42)39(3)46(5,43)26(25)2/h6,11-12,14-15,17,20-21,25-26,29,32,41H,5,7-10,13,16,18-19,22-24H2,1-4H3/b17-6+/t25-,26?,29-,32+,36-,37+,46?/m0/s1. The second kappa shape index (κ2) is 12.8. The Morgan fingerprint density at radius 1 is 1.20 bits per heavy atom. The Bertz CT molecular complexity index is 1610. The number of amides is 1. The highest BCUT2D eigenvalue weighted by Gasteiger charge is 2.49. The lowest BCUT2D eigenvalue weighted by atomic mass is 9.63. The van der Waals surface area contributed by atoms with Crippen LogP contribution < -0.4 is 9.64 Å². The number of benzene rings is 2. The van der Waals surface area contributed by atoms with Gasteiger partial charge >= 0.3 is 0 Å². The van der Waals surface area contributed by atoms with Crippen molar-refractivity contribution in [2.45, 2.75) is 75.1 Å². The van der Waals surface area contributed by atoms with Gasteiger partial charge in [0.05, 0.1) is 27.6 Å². The van der Waals surface area contributed by atoms with E-state index < -0.39 is 15.3 Å². The normalized spacial score (nSPS) is 35.4. The molecule has 0 radical (unpaired) electrons. The number of hydrogen-bond acceptors (Lipinski definition) is 6. The molecule has 0 aromatic heterocycles. The molecule has 0 saturated heterocycles. The van der Waals surface area contributed by atoms with Gasteiger partial charge in [-0.2, -0.15) is 0 Å². The Morgan fingerprint density at radius 3 is 2.72 bits per heavy atom. The molecule has 1 saturated carbocycles. The van der Waals surface area contributed by atoms with Gasteiger partial charge in [-0.15, -0.1) is 0 Å². The van der Waals surface area contributed by atoms with Gasteiger partial charge in [0.15, 0.2) is 0 Å². The number of hydrogen-bond donors (Lipinski definition) is 1. The molecule has 7 nitrogen and oxygen atoms in total. The molecule has 7 atom stereocenters. The molecule has 2 aliphatic heterocycles. The molecule has 46 heavy (non-hydrogen) atoms. The zero-order valence-electron chi connectivity index (χ0n) is 27.7. The summed E-state index contributed by atoms with van der Waals surface area (Å²) >= 11 is 6.46. The van der Waals surface area contributed by atoms with Crippen molar-refractivity contribution in [2.75, 3.05) is 45.4 Å². The molecule has 1 amide bonds. The number of aryl methyl sites for hydroxylation is 1. The predicted molar refractivity (Wildman–Crippen MR) is 188 cm³/mol. The Balaban J connectivity index is 1.48. The van der Waals surface area contributed by atoms with Gasteiger partial charge in [-0.05, 0) is 111 Å². The van der Waals surface area contributed by atoms with Crippen LogP contribution in [-0.4, -0.2) is 76.7 Å². The largest absolute Gasteiger partial charge is 0.490 e. The van der Waals surface area contributed by atoms with E-state index in [4.69, 9.17) is 21.1 Å². The highest BCUT2D eigenvalue weighted by Crippen LogP contribution is 2.50. The molecule has 6 rings (SSSR count). The van der Waals surface area contributed by atoms with E-state index in [0.717, 1.165) is 61.7 Å². The predicted octanol–water partition coefficient (Wildman–Crippen LogP) is 6.29. The highest BCUT2D eigenvalue weighted by molar-refractivity contribution is 7.99. The van der Waals surface area contributed by atoms with E-state index in [1.165, 1.54) is 15.4 Å². The van der Waals surface area contributed by atoms with Crippen molar-refractivity contribution in [3.63, 3.8) is 0 Å². The summed E-state index contributed by atoms with van der Waals surface area (Å²) in [4.78, 5) is 16.4. The Morgan fingerprint density at radius 2 is 2.00 bits per heavy atom. The number of anilines is 1. The van der Waals surface area contributed by atoms with Crippen LogP contribution in [0.15, 0.2) is 48.6 Å². The maximum atomic E-state index is 14.2. The third-order valence-corrected chi connectivity index (χ3v) is 14.7. The van der Waals surface area contributed by atoms with Gasteiger partial charge in [0.1, 0.15) is 5.75 Å². The fourth-order valence-electron chi connectivity index (χ4n) is 8.46. The van der Waals surface area contributed by atoms with Crippen LogP contribution in [0.2, 0.25) is 5.02 Å². The number of carbonyl (C=O) groups excluding carboxylic acids is 1. The van der Waals surface area contributed by atoms with Gasteiger partial charge in [0.25, 0.3) is 5.91 Å². The van der Waals surface area contributed by atoms with Gasteiger partial charge in [-0.3, -0.25) is 9.10 Å². The van der Waals surface area contributed by atoms with Crippen LogP contribution in [0.4, 0.5) is 5.69 Å². The summed E-state index contributed by atoms with van der Waals surface area (Å²) in [6.45, 7) is 6.04. The van der Waals surface area contributed by atoms with E-state index >= 15 is 0 Å². The number of halogens is 1. The molecular formula is C37H49ClN2O5S. The first-order valence-electron chi connectivity index (χ1n) is 16.7. The topological polar surface area (TPSA) is 79.3 Å². The SMILES string of the molecule is C=S1(=O)C(C)[C@@H](C)C/C=C/[C@](CCO)(OC)[C@@H]2CC[C@H]2CN2C[C@@]3(CCCc4cc(Cl)ccc43)COc3ccc(cc32)C(=O)N1C. The zero-order chi connectivity index (χ0) is 32.9. The number of aliphatic hydroxyl groups excluding tert-OH is 1. The number of nitrogens with zero attached hydrogens (tertiary/aromatic N) is 2. The van der Waals surface area contributed by atoms with Crippen molar-refractivity contribution in [2.24, 2.45) is 17.8 Å². The molecular weight excluding hydrogens is 620 g/mol. The maximum absolute atomic E-state index is 14.2. The van der Waals surface area contributed by atoms with Crippen LogP contribution in [0.1, 0.15) is 73.9 Å². The van der Waals surface area contributed by atoms with Gasteiger partial charge in [0, 0.05) is 61.5 Å². The minimum absolute atomic E-state index is 0.00524. The van der Waals surface area contributed by atoms with Crippen LogP contribution >= 0.6 is 11.6 Å². The fraction of sp³-hybridized carbons (Fsp3) is 0.568. The van der Waals surface area contributed by atoms with Crippen molar-refractivity contribution in [3.8, 4) is 5.75 Å². The Labute approximate surface area is 280 Å². The molecule has 250 valence electrons. The minimum Gasteiger partial charge on any atom is -0.490 e.